The third-order valence-corrected chi connectivity index (χ3v) is 3.80. The zero-order valence-electron chi connectivity index (χ0n) is 12.6. The first-order valence-electron chi connectivity index (χ1n) is 6.62. The van der Waals surface area contributed by atoms with E-state index in [0.29, 0.717) is 5.92 Å². The van der Waals surface area contributed by atoms with Crippen molar-refractivity contribution >= 4 is 0 Å². The van der Waals surface area contributed by atoms with Crippen LogP contribution in [0.4, 0.5) is 13.2 Å². The van der Waals surface area contributed by atoms with Crippen LogP contribution in [0.25, 0.3) is 0 Å². The molecule has 1 aromatic rings. The van der Waals surface area contributed by atoms with Gasteiger partial charge in [-0.3, -0.25) is 0 Å². The van der Waals surface area contributed by atoms with Gasteiger partial charge in [0.05, 0.1) is 5.41 Å². The third-order valence-electron chi connectivity index (χ3n) is 3.80. The fourth-order valence-corrected chi connectivity index (χ4v) is 2.28. The fraction of sp³-hybridized carbons (Fsp3) is 0.625. The average molecular weight is 272 g/mol. The minimum Gasteiger partial charge on any atom is -0.171 e. The van der Waals surface area contributed by atoms with Crippen molar-refractivity contribution in [2.24, 2.45) is 5.41 Å². The molecule has 0 aliphatic heterocycles. The van der Waals surface area contributed by atoms with Crippen molar-refractivity contribution in [3.63, 3.8) is 0 Å². The molecule has 0 aliphatic rings. The molecule has 0 N–H and O–H groups in total. The Balaban J connectivity index is 3.17. The summed E-state index contributed by atoms with van der Waals surface area (Å²) < 4.78 is 38.9. The molecule has 0 atom stereocenters. The maximum Gasteiger partial charge on any atom is 0.394 e. The summed E-state index contributed by atoms with van der Waals surface area (Å²) in [6.07, 6.45) is -4.15. The summed E-state index contributed by atoms with van der Waals surface area (Å²) in [5.41, 5.74) is 2.48. The van der Waals surface area contributed by atoms with E-state index in [9.17, 15) is 13.2 Å². The lowest BCUT2D eigenvalue weighted by Crippen LogP contribution is -2.34. The van der Waals surface area contributed by atoms with E-state index in [4.69, 9.17) is 0 Å². The van der Waals surface area contributed by atoms with Crippen molar-refractivity contribution in [3.8, 4) is 0 Å². The van der Waals surface area contributed by atoms with Gasteiger partial charge < -0.3 is 0 Å². The first-order valence-corrected chi connectivity index (χ1v) is 6.62. The Hall–Kier alpha value is -0.990. The third kappa shape index (κ3) is 3.52. The van der Waals surface area contributed by atoms with Crippen molar-refractivity contribution in [1.82, 2.24) is 0 Å². The molecule has 0 radical (unpaired) electrons. The minimum absolute atomic E-state index is 0.0251. The van der Waals surface area contributed by atoms with Crippen LogP contribution < -0.4 is 0 Å². The summed E-state index contributed by atoms with van der Waals surface area (Å²) in [7, 11) is 0. The lowest BCUT2D eigenvalue weighted by molar-refractivity contribution is -0.211. The van der Waals surface area contributed by atoms with Gasteiger partial charge in [0.1, 0.15) is 0 Å². The number of halogens is 3. The fourth-order valence-electron chi connectivity index (χ4n) is 2.28. The molecule has 0 bridgehead atoms. The number of hydrogen-bond donors (Lipinski definition) is 0. The molecule has 1 aromatic carbocycles. The highest BCUT2D eigenvalue weighted by molar-refractivity contribution is 5.39. The second-order valence-corrected chi connectivity index (χ2v) is 6.34. The van der Waals surface area contributed by atoms with Gasteiger partial charge >= 0.3 is 6.18 Å². The molecule has 0 nitrogen and oxygen atoms in total. The Kier molecular flexibility index (Phi) is 4.38. The van der Waals surface area contributed by atoms with Gasteiger partial charge in [0.2, 0.25) is 0 Å². The van der Waals surface area contributed by atoms with Crippen LogP contribution in [-0.2, 0) is 6.42 Å². The lowest BCUT2D eigenvalue weighted by Gasteiger charge is -2.28. The molecule has 0 saturated carbocycles. The SMILES string of the molecule is Cc1cc(CC(C)(C)C(F)(F)F)cc(C(C)C)c1C. The van der Waals surface area contributed by atoms with Crippen LogP contribution in [0.1, 0.15) is 55.9 Å². The quantitative estimate of drug-likeness (QED) is 0.676. The van der Waals surface area contributed by atoms with Crippen LogP contribution in [0.15, 0.2) is 12.1 Å². The number of hydrogen-bond acceptors (Lipinski definition) is 0. The van der Waals surface area contributed by atoms with Crippen molar-refractivity contribution in [2.75, 3.05) is 0 Å². The van der Waals surface area contributed by atoms with Crippen LogP contribution in [0.2, 0.25) is 0 Å². The molecule has 19 heavy (non-hydrogen) atoms. The van der Waals surface area contributed by atoms with Crippen molar-refractivity contribution in [2.45, 2.75) is 60.1 Å². The molecule has 3 heteroatoms. The monoisotopic (exact) mass is 272 g/mol. The molecule has 0 unspecified atom stereocenters. The molecular formula is C16H23F3. The van der Waals surface area contributed by atoms with Crippen molar-refractivity contribution in [1.29, 1.82) is 0 Å². The molecule has 0 fully saturated rings. The van der Waals surface area contributed by atoms with E-state index in [1.807, 2.05) is 26.0 Å². The maximum atomic E-state index is 13.0. The number of rotatable bonds is 3. The van der Waals surface area contributed by atoms with Crippen LogP contribution in [-0.4, -0.2) is 6.18 Å². The predicted octanol–water partition coefficient (Wildman–Crippen LogP) is 5.56. The normalized spacial score (nSPS) is 13.2. The van der Waals surface area contributed by atoms with Gasteiger partial charge in [0, 0.05) is 0 Å². The average Bonchev–Trinajstić information content (AvgIpc) is 2.20. The van der Waals surface area contributed by atoms with Gasteiger partial charge in [-0.2, -0.15) is 13.2 Å². The molecule has 0 amide bonds. The highest BCUT2D eigenvalue weighted by atomic mass is 19.4. The first kappa shape index (κ1) is 16.1. The van der Waals surface area contributed by atoms with Gasteiger partial charge in [0.15, 0.2) is 0 Å². The summed E-state index contributed by atoms with van der Waals surface area (Å²) in [6, 6.07) is 3.81. The van der Waals surface area contributed by atoms with E-state index in [0.717, 1.165) is 16.7 Å². The van der Waals surface area contributed by atoms with E-state index < -0.39 is 11.6 Å². The number of benzene rings is 1. The minimum atomic E-state index is -4.18. The number of alkyl halides is 3. The van der Waals surface area contributed by atoms with Crippen LogP contribution in [0.3, 0.4) is 0 Å². The van der Waals surface area contributed by atoms with E-state index in [2.05, 4.69) is 13.8 Å². The van der Waals surface area contributed by atoms with Gasteiger partial charge in [-0.1, -0.05) is 39.8 Å². The van der Waals surface area contributed by atoms with Gasteiger partial charge in [-0.15, -0.1) is 0 Å². The summed E-state index contributed by atoms with van der Waals surface area (Å²) in [5, 5.41) is 0. The molecule has 0 saturated heterocycles. The second-order valence-electron chi connectivity index (χ2n) is 6.34. The summed E-state index contributed by atoms with van der Waals surface area (Å²) in [4.78, 5) is 0. The molecular weight excluding hydrogens is 249 g/mol. The van der Waals surface area contributed by atoms with E-state index in [-0.39, 0.29) is 6.42 Å². The summed E-state index contributed by atoms with van der Waals surface area (Å²) >= 11 is 0. The molecule has 1 rings (SSSR count). The number of aryl methyl sites for hydroxylation is 1. The zero-order valence-corrected chi connectivity index (χ0v) is 12.6. The Morgan fingerprint density at radius 3 is 2.00 bits per heavy atom. The topological polar surface area (TPSA) is 0 Å². The molecule has 0 aliphatic carbocycles. The Bertz CT molecular complexity index is 454. The summed E-state index contributed by atoms with van der Waals surface area (Å²) in [6.45, 7) is 10.7. The van der Waals surface area contributed by atoms with Crippen LogP contribution in [0.5, 0.6) is 0 Å². The van der Waals surface area contributed by atoms with Crippen LogP contribution >= 0.6 is 0 Å². The highest BCUT2D eigenvalue weighted by Crippen LogP contribution is 2.40. The molecule has 0 heterocycles. The van der Waals surface area contributed by atoms with Gasteiger partial charge in [-0.05, 0) is 48.4 Å². The molecule has 108 valence electrons. The molecule has 0 spiro atoms. The standard InChI is InChI=1S/C16H23F3/c1-10(2)14-8-13(7-11(3)12(14)4)9-15(5,6)16(17,18)19/h7-8,10H,9H2,1-6H3. The zero-order chi connectivity index (χ0) is 15.0. The van der Waals surface area contributed by atoms with Crippen molar-refractivity contribution < 1.29 is 13.2 Å². The highest BCUT2D eigenvalue weighted by Gasteiger charge is 2.47. The smallest absolute Gasteiger partial charge is 0.171 e. The first-order chi connectivity index (χ1) is 8.45. The van der Waals surface area contributed by atoms with Crippen molar-refractivity contribution in [3.05, 3.63) is 34.4 Å². The Morgan fingerprint density at radius 2 is 1.58 bits per heavy atom. The predicted molar refractivity (Wildman–Crippen MR) is 73.5 cm³/mol. The van der Waals surface area contributed by atoms with E-state index >= 15 is 0 Å². The largest absolute Gasteiger partial charge is 0.394 e. The van der Waals surface area contributed by atoms with E-state index in [1.165, 1.54) is 19.4 Å². The Labute approximate surface area is 114 Å². The van der Waals surface area contributed by atoms with Gasteiger partial charge in [-0.25, -0.2) is 0 Å². The molecule has 0 aromatic heterocycles. The Morgan fingerprint density at radius 1 is 1.05 bits per heavy atom. The second kappa shape index (κ2) is 5.18. The van der Waals surface area contributed by atoms with Gasteiger partial charge in [0.25, 0.3) is 0 Å². The van der Waals surface area contributed by atoms with E-state index in [1.54, 1.807) is 0 Å². The van der Waals surface area contributed by atoms with Crippen LogP contribution in [0, 0.1) is 19.3 Å². The summed E-state index contributed by atoms with van der Waals surface area (Å²) in [5.74, 6) is 0.327. The lowest BCUT2D eigenvalue weighted by atomic mass is 9.82. The maximum absolute atomic E-state index is 13.0.